The molecule has 0 aliphatic heterocycles. The molecule has 2 N–H and O–H groups in total. The van der Waals surface area contributed by atoms with E-state index in [1.165, 1.54) is 0 Å². The largest absolute Gasteiger partial charge is 0.394 e. The van der Waals surface area contributed by atoms with E-state index in [4.69, 9.17) is 0 Å². The predicted molar refractivity (Wildman–Crippen MR) is 81.6 cm³/mol. The normalized spacial score (nSPS) is 14.1. The summed E-state index contributed by atoms with van der Waals surface area (Å²) in [4.78, 5) is 12.2. The van der Waals surface area contributed by atoms with Gasteiger partial charge in [0, 0.05) is 0 Å². The van der Waals surface area contributed by atoms with Crippen LogP contribution in [-0.4, -0.2) is 28.2 Å². The second-order valence-electron chi connectivity index (χ2n) is 5.59. The zero-order valence-electron chi connectivity index (χ0n) is 12.9. The molecule has 0 aliphatic carbocycles. The highest BCUT2D eigenvalue weighted by Gasteiger charge is 2.20. The summed E-state index contributed by atoms with van der Waals surface area (Å²) < 4.78 is 3.93. The van der Waals surface area contributed by atoms with Crippen LogP contribution in [0.5, 0.6) is 0 Å². The van der Waals surface area contributed by atoms with Gasteiger partial charge in [0.15, 0.2) is 17.6 Å². The fourth-order valence-corrected chi connectivity index (χ4v) is 2.52. The summed E-state index contributed by atoms with van der Waals surface area (Å²) in [6.45, 7) is 4.32. The lowest BCUT2D eigenvalue weighted by molar-refractivity contribution is -0.645. The van der Waals surface area contributed by atoms with Gasteiger partial charge >= 0.3 is 0 Å². The van der Waals surface area contributed by atoms with Crippen LogP contribution in [0.25, 0.3) is 11.0 Å². The van der Waals surface area contributed by atoms with Crippen molar-refractivity contribution in [3.05, 3.63) is 30.6 Å². The monoisotopic (exact) mass is 290 g/mol. The van der Waals surface area contributed by atoms with Crippen molar-refractivity contribution in [2.24, 2.45) is 13.0 Å². The fraction of sp³-hybridized carbons (Fsp3) is 0.500. The van der Waals surface area contributed by atoms with Crippen LogP contribution in [0.4, 0.5) is 0 Å². The maximum Gasteiger partial charge on any atom is 0.262 e. The first-order chi connectivity index (χ1) is 10.1. The minimum atomic E-state index is -0.182. The zero-order valence-corrected chi connectivity index (χ0v) is 12.9. The number of para-hydroxylation sites is 2. The quantitative estimate of drug-likeness (QED) is 0.780. The number of hydrogen-bond donors (Lipinski definition) is 2. The highest BCUT2D eigenvalue weighted by molar-refractivity contribution is 5.79. The van der Waals surface area contributed by atoms with Crippen molar-refractivity contribution in [1.82, 2.24) is 9.88 Å². The number of carbonyl (C=O) groups excluding carboxylic acids is 1. The third-order valence-electron chi connectivity index (χ3n) is 4.07. The third-order valence-corrected chi connectivity index (χ3v) is 4.07. The van der Waals surface area contributed by atoms with Gasteiger partial charge in [0.1, 0.15) is 0 Å². The lowest BCUT2D eigenvalue weighted by atomic mass is 10.00. The van der Waals surface area contributed by atoms with E-state index in [-0.39, 0.29) is 31.0 Å². The Kier molecular flexibility index (Phi) is 4.96. The van der Waals surface area contributed by atoms with Crippen LogP contribution in [0.15, 0.2) is 30.6 Å². The van der Waals surface area contributed by atoms with Gasteiger partial charge in [0.2, 0.25) is 6.33 Å². The summed E-state index contributed by atoms with van der Waals surface area (Å²) in [5.41, 5.74) is 2.12. The zero-order chi connectivity index (χ0) is 15.4. The minimum absolute atomic E-state index is 0.0268. The van der Waals surface area contributed by atoms with E-state index in [0.717, 1.165) is 17.5 Å². The van der Waals surface area contributed by atoms with Crippen molar-refractivity contribution in [2.45, 2.75) is 32.9 Å². The number of imidazole rings is 1. The van der Waals surface area contributed by atoms with Crippen molar-refractivity contribution in [1.29, 1.82) is 0 Å². The maximum atomic E-state index is 12.2. The molecule has 1 aromatic heterocycles. The van der Waals surface area contributed by atoms with Crippen LogP contribution < -0.4 is 9.88 Å². The smallest absolute Gasteiger partial charge is 0.262 e. The summed E-state index contributed by atoms with van der Waals surface area (Å²) in [6.07, 6.45) is 2.84. The first kappa shape index (κ1) is 15.5. The van der Waals surface area contributed by atoms with Crippen molar-refractivity contribution in [2.75, 3.05) is 6.61 Å². The van der Waals surface area contributed by atoms with E-state index >= 15 is 0 Å². The average Bonchev–Trinajstić information content (AvgIpc) is 2.81. The first-order valence-electron chi connectivity index (χ1n) is 7.40. The number of rotatable bonds is 6. The molecule has 1 aromatic carbocycles. The van der Waals surface area contributed by atoms with Gasteiger partial charge in [0.05, 0.1) is 19.7 Å². The highest BCUT2D eigenvalue weighted by atomic mass is 16.3. The van der Waals surface area contributed by atoms with Crippen LogP contribution in [0.3, 0.4) is 0 Å². The van der Waals surface area contributed by atoms with Crippen molar-refractivity contribution >= 4 is 16.9 Å². The molecule has 2 aromatic rings. The van der Waals surface area contributed by atoms with Gasteiger partial charge in [-0.1, -0.05) is 32.4 Å². The Morgan fingerprint density at radius 3 is 2.81 bits per heavy atom. The molecule has 0 fully saturated rings. The van der Waals surface area contributed by atoms with E-state index in [1.54, 1.807) is 0 Å². The van der Waals surface area contributed by atoms with Crippen LogP contribution in [0.1, 0.15) is 20.3 Å². The van der Waals surface area contributed by atoms with Crippen LogP contribution in [0.2, 0.25) is 0 Å². The van der Waals surface area contributed by atoms with Crippen molar-refractivity contribution in [3.63, 3.8) is 0 Å². The SMILES string of the molecule is CC[C@H](C)[C@@H](CO)NC(=O)Cn1c[n+](C)c2ccccc21. The Morgan fingerprint density at radius 1 is 1.43 bits per heavy atom. The van der Waals surface area contributed by atoms with Gasteiger partial charge in [-0.15, -0.1) is 0 Å². The number of aryl methyl sites for hydroxylation is 1. The van der Waals surface area contributed by atoms with Crippen molar-refractivity contribution < 1.29 is 14.5 Å². The topological polar surface area (TPSA) is 58.1 Å². The lowest BCUT2D eigenvalue weighted by Gasteiger charge is -2.21. The number of aliphatic hydroxyl groups excluding tert-OH is 1. The molecule has 1 heterocycles. The number of nitrogens with zero attached hydrogens (tertiary/aromatic N) is 2. The van der Waals surface area contributed by atoms with Crippen LogP contribution in [0, 0.1) is 5.92 Å². The molecule has 0 radical (unpaired) electrons. The number of aliphatic hydroxyl groups is 1. The molecule has 5 nitrogen and oxygen atoms in total. The molecule has 0 unspecified atom stereocenters. The number of benzene rings is 1. The maximum absolute atomic E-state index is 12.2. The summed E-state index contributed by atoms with van der Waals surface area (Å²) >= 11 is 0. The molecule has 0 saturated carbocycles. The van der Waals surface area contributed by atoms with Gasteiger partial charge in [0.25, 0.3) is 5.91 Å². The van der Waals surface area contributed by atoms with Crippen molar-refractivity contribution in [3.8, 4) is 0 Å². The number of aromatic nitrogens is 2. The summed E-state index contributed by atoms with van der Waals surface area (Å²) in [7, 11) is 1.96. The minimum Gasteiger partial charge on any atom is -0.394 e. The van der Waals surface area contributed by atoms with E-state index in [1.807, 2.05) is 53.7 Å². The van der Waals surface area contributed by atoms with E-state index < -0.39 is 0 Å². The Labute approximate surface area is 125 Å². The molecular formula is C16H24N3O2+. The number of carbonyl (C=O) groups is 1. The Hall–Kier alpha value is -1.88. The van der Waals surface area contributed by atoms with Gasteiger partial charge in [-0.05, 0) is 18.1 Å². The molecule has 21 heavy (non-hydrogen) atoms. The third kappa shape index (κ3) is 3.42. The van der Waals surface area contributed by atoms with Gasteiger partial charge in [-0.2, -0.15) is 0 Å². The van der Waals surface area contributed by atoms with Crippen LogP contribution >= 0.6 is 0 Å². The summed E-state index contributed by atoms with van der Waals surface area (Å²) in [6, 6.07) is 7.79. The van der Waals surface area contributed by atoms with Gasteiger partial charge < -0.3 is 10.4 Å². The molecule has 0 saturated heterocycles. The van der Waals surface area contributed by atoms with E-state index in [2.05, 4.69) is 12.2 Å². The van der Waals surface area contributed by atoms with Gasteiger partial charge in [-0.3, -0.25) is 4.79 Å². The average molecular weight is 290 g/mol. The standard InChI is InChI=1S/C16H23N3O2/c1-4-12(2)13(10-20)17-16(21)9-19-11-18(3)14-7-5-6-8-15(14)19/h5-8,11-13,20H,4,9-10H2,1-3H3/p+1/t12-,13+/m0/s1. The lowest BCUT2D eigenvalue weighted by Crippen LogP contribution is -2.43. The molecular weight excluding hydrogens is 266 g/mol. The number of fused-ring (bicyclic) bond motifs is 1. The molecule has 0 spiro atoms. The van der Waals surface area contributed by atoms with Gasteiger partial charge in [-0.25, -0.2) is 9.13 Å². The second-order valence-corrected chi connectivity index (χ2v) is 5.59. The molecule has 2 atom stereocenters. The summed E-state index contributed by atoms with van der Waals surface area (Å²) in [5, 5.41) is 12.3. The van der Waals surface area contributed by atoms with Crippen LogP contribution in [-0.2, 0) is 18.4 Å². The molecule has 0 bridgehead atoms. The molecule has 1 amide bonds. The Bertz CT molecular complexity index is 621. The molecule has 114 valence electrons. The summed E-state index contributed by atoms with van der Waals surface area (Å²) in [5.74, 6) is 0.187. The number of nitrogens with one attached hydrogen (secondary N) is 1. The Morgan fingerprint density at radius 2 is 2.14 bits per heavy atom. The second kappa shape index (κ2) is 6.72. The van der Waals surface area contributed by atoms with E-state index in [9.17, 15) is 9.90 Å². The predicted octanol–water partition coefficient (Wildman–Crippen LogP) is 0.989. The molecule has 5 heteroatoms. The number of hydrogen-bond acceptors (Lipinski definition) is 2. The molecule has 2 rings (SSSR count). The highest BCUT2D eigenvalue weighted by Crippen LogP contribution is 2.10. The first-order valence-corrected chi connectivity index (χ1v) is 7.40. The molecule has 0 aliphatic rings. The Balaban J connectivity index is 2.11. The fourth-order valence-electron chi connectivity index (χ4n) is 2.52. The number of amides is 1. The van der Waals surface area contributed by atoms with E-state index in [0.29, 0.717) is 0 Å².